The molecule has 0 saturated heterocycles. The van der Waals surface area contributed by atoms with Crippen LogP contribution >= 0.6 is 12.4 Å². The summed E-state index contributed by atoms with van der Waals surface area (Å²) in [5.41, 5.74) is 5.83. The Balaban J connectivity index is 0.00000256. The molecule has 1 aliphatic carbocycles. The highest BCUT2D eigenvalue weighted by Crippen LogP contribution is 2.26. The molecule has 1 fully saturated rings. The first-order valence-corrected chi connectivity index (χ1v) is 6.58. The molecule has 0 aliphatic heterocycles. The van der Waals surface area contributed by atoms with Gasteiger partial charge in [-0.1, -0.05) is 33.1 Å². The second-order valence-electron chi connectivity index (χ2n) is 5.47. The van der Waals surface area contributed by atoms with E-state index in [2.05, 4.69) is 12.2 Å². The third-order valence-electron chi connectivity index (χ3n) is 3.75. The first-order valence-electron chi connectivity index (χ1n) is 6.58. The average molecular weight is 263 g/mol. The summed E-state index contributed by atoms with van der Waals surface area (Å²) in [7, 11) is 0. The van der Waals surface area contributed by atoms with Gasteiger partial charge in [-0.05, 0) is 31.6 Å². The van der Waals surface area contributed by atoms with Crippen molar-refractivity contribution in [2.24, 2.45) is 17.6 Å². The number of nitrogens with one attached hydrogen (secondary N) is 1. The quantitative estimate of drug-likeness (QED) is 0.818. The molecule has 4 heteroatoms. The monoisotopic (exact) mass is 262 g/mol. The van der Waals surface area contributed by atoms with Gasteiger partial charge in [0.1, 0.15) is 0 Å². The lowest BCUT2D eigenvalue weighted by atomic mass is 9.84. The van der Waals surface area contributed by atoms with Crippen LogP contribution in [0.15, 0.2) is 0 Å². The van der Waals surface area contributed by atoms with Crippen LogP contribution in [0, 0.1) is 11.8 Å². The van der Waals surface area contributed by atoms with Gasteiger partial charge < -0.3 is 11.1 Å². The van der Waals surface area contributed by atoms with Crippen LogP contribution in [-0.4, -0.2) is 18.0 Å². The average Bonchev–Trinajstić information content (AvgIpc) is 2.28. The highest BCUT2D eigenvalue weighted by atomic mass is 35.5. The lowest BCUT2D eigenvalue weighted by Crippen LogP contribution is -2.49. The van der Waals surface area contributed by atoms with Crippen LogP contribution in [-0.2, 0) is 4.79 Å². The molecule has 0 spiro atoms. The summed E-state index contributed by atoms with van der Waals surface area (Å²) in [6.07, 6.45) is 6.46. The lowest BCUT2D eigenvalue weighted by Gasteiger charge is -2.29. The van der Waals surface area contributed by atoms with E-state index in [9.17, 15) is 4.79 Å². The van der Waals surface area contributed by atoms with E-state index in [4.69, 9.17) is 5.73 Å². The molecule has 1 saturated carbocycles. The highest BCUT2D eigenvalue weighted by Gasteiger charge is 2.24. The zero-order valence-corrected chi connectivity index (χ0v) is 12.1. The maximum atomic E-state index is 11.8. The van der Waals surface area contributed by atoms with Crippen LogP contribution in [0.1, 0.15) is 52.9 Å². The summed E-state index contributed by atoms with van der Waals surface area (Å²) in [6, 6.07) is -0.0939. The number of hydrogen-bond acceptors (Lipinski definition) is 2. The molecule has 3 nitrogen and oxygen atoms in total. The Kier molecular flexibility index (Phi) is 7.80. The number of carbonyl (C=O) groups is 1. The molecule has 1 amide bonds. The van der Waals surface area contributed by atoms with Gasteiger partial charge in [-0.2, -0.15) is 0 Å². The van der Waals surface area contributed by atoms with Gasteiger partial charge in [0.2, 0.25) is 5.91 Å². The fourth-order valence-corrected chi connectivity index (χ4v) is 2.38. The fraction of sp³-hybridized carbons (Fsp3) is 0.923. The molecule has 0 heterocycles. The number of nitrogens with two attached hydrogens (primary N) is 1. The van der Waals surface area contributed by atoms with Crippen LogP contribution in [0.4, 0.5) is 0 Å². The standard InChI is InChI=1S/C13H26N2O.ClH/c1-9(2)12(14)13(16)15-10(3)11-7-5-4-6-8-11;/h9-12H,4-8,14H2,1-3H3,(H,15,16);1H. The van der Waals surface area contributed by atoms with E-state index in [-0.39, 0.29) is 36.3 Å². The van der Waals surface area contributed by atoms with E-state index < -0.39 is 0 Å². The summed E-state index contributed by atoms with van der Waals surface area (Å²) in [5.74, 6) is 0.865. The van der Waals surface area contributed by atoms with E-state index in [0.29, 0.717) is 5.92 Å². The van der Waals surface area contributed by atoms with Gasteiger partial charge in [-0.25, -0.2) is 0 Å². The first-order chi connectivity index (χ1) is 7.52. The van der Waals surface area contributed by atoms with Gasteiger partial charge >= 0.3 is 0 Å². The van der Waals surface area contributed by atoms with E-state index in [1.165, 1.54) is 32.1 Å². The third kappa shape index (κ3) is 5.26. The minimum Gasteiger partial charge on any atom is -0.352 e. The normalized spacial score (nSPS) is 20.5. The smallest absolute Gasteiger partial charge is 0.237 e. The molecule has 2 unspecified atom stereocenters. The maximum absolute atomic E-state index is 11.8. The molecule has 2 atom stereocenters. The van der Waals surface area contributed by atoms with Gasteiger partial charge in [-0.3, -0.25) is 4.79 Å². The highest BCUT2D eigenvalue weighted by molar-refractivity contribution is 5.85. The van der Waals surface area contributed by atoms with Crippen LogP contribution in [0.3, 0.4) is 0 Å². The largest absolute Gasteiger partial charge is 0.352 e. The van der Waals surface area contributed by atoms with Crippen molar-refractivity contribution in [3.05, 3.63) is 0 Å². The Morgan fingerprint density at radius 3 is 2.18 bits per heavy atom. The number of hydrogen-bond donors (Lipinski definition) is 2. The summed E-state index contributed by atoms with van der Waals surface area (Å²) < 4.78 is 0. The van der Waals surface area contributed by atoms with Crippen molar-refractivity contribution >= 4 is 18.3 Å². The molecular formula is C13H27ClN2O. The minimum absolute atomic E-state index is 0. The van der Waals surface area contributed by atoms with E-state index in [1.54, 1.807) is 0 Å². The van der Waals surface area contributed by atoms with Crippen molar-refractivity contribution in [2.75, 3.05) is 0 Å². The van der Waals surface area contributed by atoms with E-state index >= 15 is 0 Å². The molecule has 1 aliphatic rings. The predicted octanol–water partition coefficient (Wildman–Crippen LogP) is 2.48. The van der Waals surface area contributed by atoms with Gasteiger partial charge in [0.25, 0.3) is 0 Å². The van der Waals surface area contributed by atoms with Crippen molar-refractivity contribution in [1.29, 1.82) is 0 Å². The van der Waals surface area contributed by atoms with Crippen LogP contribution < -0.4 is 11.1 Å². The summed E-state index contributed by atoms with van der Waals surface area (Å²) in [4.78, 5) is 11.8. The zero-order valence-electron chi connectivity index (χ0n) is 11.2. The number of amides is 1. The van der Waals surface area contributed by atoms with Gasteiger partial charge in [0.05, 0.1) is 6.04 Å². The van der Waals surface area contributed by atoms with E-state index in [0.717, 1.165) is 0 Å². The van der Waals surface area contributed by atoms with Crippen molar-refractivity contribution in [1.82, 2.24) is 5.32 Å². The molecule has 102 valence electrons. The summed E-state index contributed by atoms with van der Waals surface area (Å²) in [5, 5.41) is 3.07. The first kappa shape index (κ1) is 16.7. The Bertz CT molecular complexity index is 227. The van der Waals surface area contributed by atoms with E-state index in [1.807, 2.05) is 13.8 Å². The SMILES string of the molecule is CC(C)C(N)C(=O)NC(C)C1CCCCC1.Cl. The minimum atomic E-state index is -0.369. The molecule has 0 radical (unpaired) electrons. The van der Waals surface area contributed by atoms with Gasteiger partial charge in [0.15, 0.2) is 0 Å². The van der Waals surface area contributed by atoms with Gasteiger partial charge in [-0.15, -0.1) is 12.4 Å². The van der Waals surface area contributed by atoms with Crippen LogP contribution in [0.2, 0.25) is 0 Å². The Morgan fingerprint density at radius 1 is 1.18 bits per heavy atom. The molecule has 0 aromatic heterocycles. The molecular weight excluding hydrogens is 236 g/mol. The van der Waals surface area contributed by atoms with Crippen molar-refractivity contribution < 1.29 is 4.79 Å². The van der Waals surface area contributed by atoms with Crippen LogP contribution in [0.5, 0.6) is 0 Å². The zero-order chi connectivity index (χ0) is 12.1. The molecule has 3 N–H and O–H groups in total. The fourth-order valence-electron chi connectivity index (χ4n) is 2.38. The van der Waals surface area contributed by atoms with Crippen molar-refractivity contribution in [2.45, 2.75) is 65.0 Å². The molecule has 17 heavy (non-hydrogen) atoms. The Hall–Kier alpha value is -0.280. The molecule has 0 aromatic carbocycles. The Morgan fingerprint density at radius 2 is 1.71 bits per heavy atom. The molecule has 1 rings (SSSR count). The third-order valence-corrected chi connectivity index (χ3v) is 3.75. The number of carbonyl (C=O) groups excluding carboxylic acids is 1. The number of halogens is 1. The maximum Gasteiger partial charge on any atom is 0.237 e. The topological polar surface area (TPSA) is 55.1 Å². The predicted molar refractivity (Wildman–Crippen MR) is 74.2 cm³/mol. The molecule has 0 aromatic rings. The van der Waals surface area contributed by atoms with Crippen LogP contribution in [0.25, 0.3) is 0 Å². The van der Waals surface area contributed by atoms with Gasteiger partial charge in [0, 0.05) is 6.04 Å². The Labute approximate surface area is 111 Å². The number of rotatable bonds is 4. The second kappa shape index (κ2) is 7.93. The van der Waals surface area contributed by atoms with Crippen molar-refractivity contribution in [3.63, 3.8) is 0 Å². The summed E-state index contributed by atoms with van der Waals surface area (Å²) in [6.45, 7) is 6.08. The molecule has 0 bridgehead atoms. The summed E-state index contributed by atoms with van der Waals surface area (Å²) >= 11 is 0. The lowest BCUT2D eigenvalue weighted by molar-refractivity contribution is -0.124. The second-order valence-corrected chi connectivity index (χ2v) is 5.47. The van der Waals surface area contributed by atoms with Crippen molar-refractivity contribution in [3.8, 4) is 0 Å².